The van der Waals surface area contributed by atoms with Crippen molar-refractivity contribution in [1.29, 1.82) is 0 Å². The third kappa shape index (κ3) is 4.66. The summed E-state index contributed by atoms with van der Waals surface area (Å²) in [4.78, 5) is 24.1. The van der Waals surface area contributed by atoms with Crippen molar-refractivity contribution in [2.75, 3.05) is 18.1 Å². The van der Waals surface area contributed by atoms with E-state index in [2.05, 4.69) is 10.6 Å². The summed E-state index contributed by atoms with van der Waals surface area (Å²) in [6.45, 7) is 1.60. The van der Waals surface area contributed by atoms with Crippen LogP contribution in [0.1, 0.15) is 15.9 Å². The molecule has 0 saturated carbocycles. The summed E-state index contributed by atoms with van der Waals surface area (Å²) in [5, 5.41) is 5.09. The monoisotopic (exact) mass is 346 g/mol. The molecule has 24 heavy (non-hydrogen) atoms. The van der Waals surface area contributed by atoms with Crippen LogP contribution < -0.4 is 10.6 Å². The lowest BCUT2D eigenvalue weighted by atomic mass is 10.1. The summed E-state index contributed by atoms with van der Waals surface area (Å²) < 4.78 is 23.0. The Balaban J connectivity index is 1.97. The summed E-state index contributed by atoms with van der Waals surface area (Å²) in [6.07, 6.45) is 1.09. The lowest BCUT2D eigenvalue weighted by Gasteiger charge is -2.09. The number of carbonyl (C=O) groups is 2. The van der Waals surface area contributed by atoms with E-state index in [4.69, 9.17) is 0 Å². The second-order valence-electron chi connectivity index (χ2n) is 5.35. The average Bonchev–Trinajstić information content (AvgIpc) is 2.52. The zero-order valence-corrected chi connectivity index (χ0v) is 14.2. The van der Waals surface area contributed by atoms with Gasteiger partial charge in [0.1, 0.15) is 0 Å². The highest BCUT2D eigenvalue weighted by Gasteiger charge is 2.11. The van der Waals surface area contributed by atoms with Crippen LogP contribution in [0, 0.1) is 6.92 Å². The van der Waals surface area contributed by atoms with Gasteiger partial charge in [0.25, 0.3) is 5.91 Å². The van der Waals surface area contributed by atoms with Crippen molar-refractivity contribution in [2.45, 2.75) is 11.8 Å². The van der Waals surface area contributed by atoms with E-state index in [9.17, 15) is 18.0 Å². The Hall–Kier alpha value is -2.67. The van der Waals surface area contributed by atoms with Crippen molar-refractivity contribution in [3.05, 3.63) is 59.7 Å². The number of hydrogen-bond donors (Lipinski definition) is 2. The van der Waals surface area contributed by atoms with Gasteiger partial charge in [-0.15, -0.1) is 0 Å². The fourth-order valence-electron chi connectivity index (χ4n) is 2.09. The van der Waals surface area contributed by atoms with Gasteiger partial charge in [-0.2, -0.15) is 0 Å². The number of sulfone groups is 1. The maximum absolute atomic E-state index is 12.0. The molecule has 0 aromatic heterocycles. The summed E-state index contributed by atoms with van der Waals surface area (Å²) in [7, 11) is -3.35. The highest BCUT2D eigenvalue weighted by Crippen LogP contribution is 2.15. The van der Waals surface area contributed by atoms with Gasteiger partial charge in [0, 0.05) is 17.5 Å². The van der Waals surface area contributed by atoms with Gasteiger partial charge in [-0.05, 0) is 36.8 Å². The predicted octanol–water partition coefficient (Wildman–Crippen LogP) is 1.77. The molecular weight excluding hydrogens is 328 g/mol. The van der Waals surface area contributed by atoms with Crippen molar-refractivity contribution >= 4 is 27.3 Å². The minimum atomic E-state index is -3.35. The van der Waals surface area contributed by atoms with E-state index in [1.54, 1.807) is 18.2 Å². The van der Waals surface area contributed by atoms with Crippen LogP contribution in [0.4, 0.5) is 5.69 Å². The molecule has 0 saturated heterocycles. The quantitative estimate of drug-likeness (QED) is 0.863. The maximum atomic E-state index is 12.0. The average molecular weight is 346 g/mol. The number of hydrogen-bond acceptors (Lipinski definition) is 4. The highest BCUT2D eigenvalue weighted by atomic mass is 32.2. The van der Waals surface area contributed by atoms with E-state index in [1.165, 1.54) is 18.2 Å². The molecule has 0 atom stereocenters. The van der Waals surface area contributed by atoms with Crippen LogP contribution in [-0.2, 0) is 14.6 Å². The second kappa shape index (κ2) is 7.27. The Morgan fingerprint density at radius 1 is 1.04 bits per heavy atom. The summed E-state index contributed by atoms with van der Waals surface area (Å²) in [6, 6.07) is 13.0. The minimum absolute atomic E-state index is 0.115. The first-order chi connectivity index (χ1) is 11.3. The zero-order valence-electron chi connectivity index (χ0n) is 13.4. The third-order valence-corrected chi connectivity index (χ3v) is 4.46. The number of carbonyl (C=O) groups excluding carboxylic acids is 2. The SMILES string of the molecule is Cc1ccccc1C(=O)NCC(=O)Nc1cccc(S(C)(=O)=O)c1. The molecule has 0 fully saturated rings. The van der Waals surface area contributed by atoms with Crippen molar-refractivity contribution in [1.82, 2.24) is 5.32 Å². The molecule has 0 radical (unpaired) electrons. The largest absolute Gasteiger partial charge is 0.343 e. The van der Waals surface area contributed by atoms with Crippen molar-refractivity contribution in [3.63, 3.8) is 0 Å². The van der Waals surface area contributed by atoms with E-state index >= 15 is 0 Å². The van der Waals surface area contributed by atoms with Gasteiger partial charge >= 0.3 is 0 Å². The van der Waals surface area contributed by atoms with E-state index < -0.39 is 15.7 Å². The molecular formula is C17H18N2O4S. The second-order valence-corrected chi connectivity index (χ2v) is 7.36. The van der Waals surface area contributed by atoms with Crippen LogP contribution in [0.15, 0.2) is 53.4 Å². The number of anilines is 1. The van der Waals surface area contributed by atoms with Gasteiger partial charge in [0.15, 0.2) is 9.84 Å². The topological polar surface area (TPSA) is 92.3 Å². The smallest absolute Gasteiger partial charge is 0.251 e. The molecule has 0 heterocycles. The van der Waals surface area contributed by atoms with Crippen LogP contribution in [0.25, 0.3) is 0 Å². The first kappa shape index (κ1) is 17.7. The van der Waals surface area contributed by atoms with Crippen LogP contribution in [0.5, 0.6) is 0 Å². The van der Waals surface area contributed by atoms with E-state index in [0.29, 0.717) is 11.3 Å². The van der Waals surface area contributed by atoms with Crippen molar-refractivity contribution < 1.29 is 18.0 Å². The molecule has 0 aliphatic carbocycles. The summed E-state index contributed by atoms with van der Waals surface area (Å²) in [5.74, 6) is -0.782. The Bertz CT molecular complexity index is 876. The Morgan fingerprint density at radius 2 is 1.75 bits per heavy atom. The minimum Gasteiger partial charge on any atom is -0.343 e. The first-order valence-electron chi connectivity index (χ1n) is 7.21. The molecule has 0 spiro atoms. The lowest BCUT2D eigenvalue weighted by Crippen LogP contribution is -2.33. The number of nitrogens with one attached hydrogen (secondary N) is 2. The molecule has 0 bridgehead atoms. The maximum Gasteiger partial charge on any atom is 0.251 e. The molecule has 2 aromatic rings. The predicted molar refractivity (Wildman–Crippen MR) is 91.7 cm³/mol. The Labute approximate surface area is 140 Å². The Morgan fingerprint density at radius 3 is 2.42 bits per heavy atom. The molecule has 2 N–H and O–H groups in total. The van der Waals surface area contributed by atoms with Gasteiger partial charge in [0.2, 0.25) is 5.91 Å². The summed E-state index contributed by atoms with van der Waals surface area (Å²) >= 11 is 0. The zero-order chi connectivity index (χ0) is 17.7. The number of benzene rings is 2. The molecule has 2 amide bonds. The molecule has 2 rings (SSSR count). The fourth-order valence-corrected chi connectivity index (χ4v) is 2.76. The molecule has 6 nitrogen and oxygen atoms in total. The fraction of sp³-hybridized carbons (Fsp3) is 0.176. The molecule has 0 aliphatic heterocycles. The third-order valence-electron chi connectivity index (χ3n) is 3.35. The molecule has 126 valence electrons. The highest BCUT2D eigenvalue weighted by molar-refractivity contribution is 7.90. The van der Waals surface area contributed by atoms with Crippen LogP contribution in [0.3, 0.4) is 0 Å². The van der Waals surface area contributed by atoms with Gasteiger partial charge in [-0.1, -0.05) is 24.3 Å². The van der Waals surface area contributed by atoms with Crippen LogP contribution in [-0.4, -0.2) is 33.0 Å². The molecule has 2 aromatic carbocycles. The first-order valence-corrected chi connectivity index (χ1v) is 9.10. The molecule has 0 unspecified atom stereocenters. The number of aryl methyl sites for hydroxylation is 1. The van der Waals surface area contributed by atoms with Gasteiger partial charge in [-0.25, -0.2) is 8.42 Å². The lowest BCUT2D eigenvalue weighted by molar-refractivity contribution is -0.115. The molecule has 7 heteroatoms. The van der Waals surface area contributed by atoms with Crippen LogP contribution in [0.2, 0.25) is 0 Å². The van der Waals surface area contributed by atoms with Gasteiger partial charge < -0.3 is 10.6 Å². The van der Waals surface area contributed by atoms with E-state index in [0.717, 1.165) is 11.8 Å². The van der Waals surface area contributed by atoms with Crippen LogP contribution >= 0.6 is 0 Å². The van der Waals surface area contributed by atoms with Gasteiger partial charge in [-0.3, -0.25) is 9.59 Å². The standard InChI is InChI=1S/C17H18N2O4S/c1-12-6-3-4-9-15(12)17(21)18-11-16(20)19-13-7-5-8-14(10-13)24(2,22)23/h3-10H,11H2,1-2H3,(H,18,21)(H,19,20). The van der Waals surface area contributed by atoms with Gasteiger partial charge in [0.05, 0.1) is 11.4 Å². The molecule has 0 aliphatic rings. The van der Waals surface area contributed by atoms with E-state index in [-0.39, 0.29) is 17.3 Å². The number of rotatable bonds is 5. The van der Waals surface area contributed by atoms with Crippen molar-refractivity contribution in [2.24, 2.45) is 0 Å². The van der Waals surface area contributed by atoms with Crippen molar-refractivity contribution in [3.8, 4) is 0 Å². The summed E-state index contributed by atoms with van der Waals surface area (Å²) in [5.41, 5.74) is 1.67. The van der Waals surface area contributed by atoms with E-state index in [1.807, 2.05) is 19.1 Å². The normalized spacial score (nSPS) is 10.9. The Kier molecular flexibility index (Phi) is 5.35. The number of amides is 2.